The Morgan fingerprint density at radius 1 is 1.05 bits per heavy atom. The highest BCUT2D eigenvalue weighted by atomic mass is 32.2. The number of hydrogen-bond donors (Lipinski definition) is 4. The van der Waals surface area contributed by atoms with Gasteiger partial charge in [0.15, 0.2) is 9.84 Å². The fourth-order valence-electron chi connectivity index (χ4n) is 4.81. The summed E-state index contributed by atoms with van der Waals surface area (Å²) in [7, 11) is -2.32. The maximum absolute atomic E-state index is 13.7. The molecule has 1 fully saturated rings. The molecule has 2 aromatic rings. The second-order valence-corrected chi connectivity index (χ2v) is 14.9. The molecule has 11 heteroatoms. The van der Waals surface area contributed by atoms with E-state index >= 15 is 0 Å². The minimum absolute atomic E-state index is 0.0475. The molecule has 43 heavy (non-hydrogen) atoms. The molecule has 10 nitrogen and oxygen atoms in total. The van der Waals surface area contributed by atoms with Crippen molar-refractivity contribution >= 4 is 21.7 Å². The van der Waals surface area contributed by atoms with E-state index in [1.165, 1.54) is 24.3 Å². The Hall–Kier alpha value is -2.99. The molecule has 0 saturated heterocycles. The SMILES string of the molecule is COc1ccc(S(=O)(=O)C(NC[C@@H](O)[C@H](Cc2ccccc2)N(NC(=O)CNC2CC2)C(=O)CC(C)(C)C)C(C)C)cc1. The summed E-state index contributed by atoms with van der Waals surface area (Å²) in [5, 5.41) is 18.1. The average molecular weight is 617 g/mol. The number of methoxy groups -OCH3 is 1. The van der Waals surface area contributed by atoms with Crippen molar-refractivity contribution in [3.63, 3.8) is 0 Å². The van der Waals surface area contributed by atoms with Gasteiger partial charge in [-0.25, -0.2) is 13.4 Å². The third kappa shape index (κ3) is 10.6. The van der Waals surface area contributed by atoms with Gasteiger partial charge in [-0.1, -0.05) is 65.0 Å². The summed E-state index contributed by atoms with van der Waals surface area (Å²) >= 11 is 0. The van der Waals surface area contributed by atoms with E-state index in [1.54, 1.807) is 26.0 Å². The summed E-state index contributed by atoms with van der Waals surface area (Å²) in [6.07, 6.45) is 1.19. The van der Waals surface area contributed by atoms with E-state index in [2.05, 4.69) is 16.1 Å². The largest absolute Gasteiger partial charge is 0.497 e. The molecule has 3 atom stereocenters. The average Bonchev–Trinajstić information content (AvgIpc) is 3.78. The summed E-state index contributed by atoms with van der Waals surface area (Å²) in [5.74, 6) is -0.506. The molecule has 0 heterocycles. The second kappa shape index (κ2) is 15.1. The number of carbonyl (C=O) groups is 2. The fourth-order valence-corrected chi connectivity index (χ4v) is 6.65. The minimum Gasteiger partial charge on any atom is -0.497 e. The Morgan fingerprint density at radius 3 is 2.21 bits per heavy atom. The first-order valence-corrected chi connectivity index (χ1v) is 16.4. The predicted octanol–water partition coefficient (Wildman–Crippen LogP) is 3.06. The highest BCUT2D eigenvalue weighted by Crippen LogP contribution is 2.24. The molecule has 2 aromatic carbocycles. The maximum atomic E-state index is 13.7. The van der Waals surface area contributed by atoms with Gasteiger partial charge in [0.1, 0.15) is 11.1 Å². The summed E-state index contributed by atoms with van der Waals surface area (Å²) in [6, 6.07) is 15.0. The van der Waals surface area contributed by atoms with E-state index in [-0.39, 0.29) is 54.0 Å². The van der Waals surface area contributed by atoms with Crippen LogP contribution in [0.3, 0.4) is 0 Å². The van der Waals surface area contributed by atoms with Crippen LogP contribution in [0.1, 0.15) is 59.4 Å². The number of benzene rings is 2. The monoisotopic (exact) mass is 616 g/mol. The molecule has 1 unspecified atom stereocenters. The molecular formula is C32H48N4O6S. The fraction of sp³-hybridized carbons (Fsp3) is 0.562. The van der Waals surface area contributed by atoms with Gasteiger partial charge in [0.2, 0.25) is 5.91 Å². The number of sulfone groups is 1. The maximum Gasteiger partial charge on any atom is 0.252 e. The zero-order chi connectivity index (χ0) is 31.8. The van der Waals surface area contributed by atoms with Crippen molar-refractivity contribution in [2.24, 2.45) is 11.3 Å². The molecule has 4 N–H and O–H groups in total. The van der Waals surface area contributed by atoms with Crippen LogP contribution < -0.4 is 20.8 Å². The van der Waals surface area contributed by atoms with Crippen molar-refractivity contribution in [3.05, 3.63) is 60.2 Å². The number of rotatable bonds is 15. The molecule has 2 amide bonds. The van der Waals surface area contributed by atoms with Gasteiger partial charge >= 0.3 is 0 Å². The number of ether oxygens (including phenoxy) is 1. The summed E-state index contributed by atoms with van der Waals surface area (Å²) in [6.45, 7) is 9.29. The normalized spacial score (nSPS) is 15.9. The zero-order valence-electron chi connectivity index (χ0n) is 26.2. The molecule has 1 saturated carbocycles. The van der Waals surface area contributed by atoms with Gasteiger partial charge in [0.05, 0.1) is 30.7 Å². The highest BCUT2D eigenvalue weighted by Gasteiger charge is 2.36. The minimum atomic E-state index is -3.83. The molecule has 0 radical (unpaired) electrons. The first-order chi connectivity index (χ1) is 20.2. The molecule has 0 spiro atoms. The van der Waals surface area contributed by atoms with E-state index in [4.69, 9.17) is 4.74 Å². The van der Waals surface area contributed by atoms with Crippen LogP contribution in [-0.4, -0.2) is 74.1 Å². The number of carbonyl (C=O) groups excluding carboxylic acids is 2. The van der Waals surface area contributed by atoms with Gasteiger partial charge in [0.25, 0.3) is 5.91 Å². The number of amides is 2. The van der Waals surface area contributed by atoms with Crippen molar-refractivity contribution in [2.75, 3.05) is 20.2 Å². The lowest BCUT2D eigenvalue weighted by atomic mass is 9.91. The Morgan fingerprint density at radius 2 is 1.67 bits per heavy atom. The third-order valence-corrected chi connectivity index (χ3v) is 9.55. The van der Waals surface area contributed by atoms with Crippen molar-refractivity contribution in [3.8, 4) is 5.75 Å². The van der Waals surface area contributed by atoms with Gasteiger partial charge < -0.3 is 15.2 Å². The molecule has 3 rings (SSSR count). The predicted molar refractivity (Wildman–Crippen MR) is 167 cm³/mol. The molecule has 1 aliphatic carbocycles. The summed E-state index contributed by atoms with van der Waals surface area (Å²) in [5.41, 5.74) is 3.25. The first-order valence-electron chi connectivity index (χ1n) is 14.9. The molecule has 0 aromatic heterocycles. The van der Waals surface area contributed by atoms with Crippen molar-refractivity contribution in [2.45, 2.75) is 88.8 Å². The van der Waals surface area contributed by atoms with Gasteiger partial charge in [-0.15, -0.1) is 0 Å². The van der Waals surface area contributed by atoms with Crippen LogP contribution in [-0.2, 0) is 25.8 Å². The van der Waals surface area contributed by atoms with Gasteiger partial charge in [-0.3, -0.25) is 20.3 Å². The number of aliphatic hydroxyl groups excluding tert-OH is 1. The summed E-state index contributed by atoms with van der Waals surface area (Å²) in [4.78, 5) is 26.8. The number of nitrogens with zero attached hydrogens (tertiary/aromatic N) is 1. The second-order valence-electron chi connectivity index (χ2n) is 12.8. The standard InChI is InChI=1S/C32H48N4O6S/c1-22(2)31(43(40,41)26-16-14-25(42-6)15-17-26)34-20-28(37)27(18-23-10-8-7-9-11-23)36(30(39)19-32(3,4)5)35-29(38)21-33-24-12-13-24/h7-11,14-17,22,24,27-28,31,33-34,37H,12-13,18-21H2,1-6H3,(H,35,38)/t27-,28+,31?/m0/s1. The van der Waals surface area contributed by atoms with Gasteiger partial charge in [-0.05, 0) is 60.4 Å². The Balaban J connectivity index is 1.88. The Kier molecular flexibility index (Phi) is 12.1. The molecular weight excluding hydrogens is 568 g/mol. The quantitative estimate of drug-likeness (QED) is 0.224. The third-order valence-electron chi connectivity index (χ3n) is 7.24. The number of nitrogens with one attached hydrogen (secondary N) is 3. The smallest absolute Gasteiger partial charge is 0.252 e. The molecule has 0 aliphatic heterocycles. The Bertz CT molecular complexity index is 1290. The van der Waals surface area contributed by atoms with Crippen molar-refractivity contribution in [1.82, 2.24) is 21.1 Å². The lowest BCUT2D eigenvalue weighted by Crippen LogP contribution is -2.60. The van der Waals surface area contributed by atoms with Crippen LogP contribution in [0.2, 0.25) is 0 Å². The van der Waals surface area contributed by atoms with Crippen LogP contribution >= 0.6 is 0 Å². The van der Waals surface area contributed by atoms with Crippen LogP contribution in [0.15, 0.2) is 59.5 Å². The molecule has 1 aliphatic rings. The van der Waals surface area contributed by atoms with E-state index in [9.17, 15) is 23.1 Å². The lowest BCUT2D eigenvalue weighted by molar-refractivity contribution is -0.149. The summed E-state index contributed by atoms with van der Waals surface area (Å²) < 4.78 is 32.4. The van der Waals surface area contributed by atoms with Crippen LogP contribution in [0.5, 0.6) is 5.75 Å². The number of hydrazine groups is 1. The first kappa shape index (κ1) is 34.5. The lowest BCUT2D eigenvalue weighted by Gasteiger charge is -2.37. The number of hydrogen-bond acceptors (Lipinski definition) is 8. The van der Waals surface area contributed by atoms with E-state index in [0.717, 1.165) is 18.4 Å². The van der Waals surface area contributed by atoms with E-state index in [1.807, 2.05) is 51.1 Å². The molecule has 238 valence electrons. The van der Waals surface area contributed by atoms with Gasteiger partial charge in [-0.2, -0.15) is 0 Å². The van der Waals surface area contributed by atoms with Gasteiger partial charge in [0, 0.05) is 19.0 Å². The van der Waals surface area contributed by atoms with Crippen LogP contribution in [0, 0.1) is 11.3 Å². The molecule has 0 bridgehead atoms. The topological polar surface area (TPSA) is 137 Å². The number of aliphatic hydroxyl groups is 1. The van der Waals surface area contributed by atoms with Crippen LogP contribution in [0.25, 0.3) is 0 Å². The van der Waals surface area contributed by atoms with Crippen LogP contribution in [0.4, 0.5) is 0 Å². The Labute approximate surface area is 256 Å². The van der Waals surface area contributed by atoms with E-state index in [0.29, 0.717) is 11.8 Å². The van der Waals surface area contributed by atoms with E-state index < -0.39 is 27.4 Å². The zero-order valence-corrected chi connectivity index (χ0v) is 27.0. The van der Waals surface area contributed by atoms with Crippen molar-refractivity contribution in [1.29, 1.82) is 0 Å². The van der Waals surface area contributed by atoms with Crippen molar-refractivity contribution < 1.29 is 27.9 Å². The highest BCUT2D eigenvalue weighted by molar-refractivity contribution is 7.92.